The summed E-state index contributed by atoms with van der Waals surface area (Å²) < 4.78 is 36.3. The molecule has 0 spiro atoms. The smallest absolute Gasteiger partial charge is 0.302 e. The Labute approximate surface area is 101 Å². The molecule has 0 aromatic rings. The molecule has 0 rings (SSSR count). The lowest BCUT2D eigenvalue weighted by atomic mass is 10.2. The fourth-order valence-electron chi connectivity index (χ4n) is 0.695. The van der Waals surface area contributed by atoms with E-state index in [0.29, 0.717) is 0 Å². The van der Waals surface area contributed by atoms with Crippen molar-refractivity contribution in [2.75, 3.05) is 13.2 Å². The highest BCUT2D eigenvalue weighted by atomic mass is 31.3. The topological polar surface area (TPSA) is 102 Å². The van der Waals surface area contributed by atoms with Gasteiger partial charge < -0.3 is 9.79 Å². The second-order valence-corrected chi connectivity index (χ2v) is 7.44. The molecule has 0 aliphatic heterocycles. The first-order valence-electron chi connectivity index (χ1n) is 5.20. The lowest BCUT2D eigenvalue weighted by Gasteiger charge is -2.19. The predicted octanol–water partition coefficient (Wildman–Crippen LogP) is 2.55. The first-order chi connectivity index (χ1) is 7.54. The molecule has 0 aromatic heterocycles. The van der Waals surface area contributed by atoms with Gasteiger partial charge in [-0.1, -0.05) is 27.7 Å². The summed E-state index contributed by atoms with van der Waals surface area (Å²) in [6.07, 6.45) is 0. The van der Waals surface area contributed by atoms with Gasteiger partial charge in [0.05, 0.1) is 13.2 Å². The van der Waals surface area contributed by atoms with E-state index in [4.69, 9.17) is 18.8 Å². The third-order valence-corrected chi connectivity index (χ3v) is 3.92. The van der Waals surface area contributed by atoms with Gasteiger partial charge in [-0.05, 0) is 11.8 Å². The summed E-state index contributed by atoms with van der Waals surface area (Å²) in [5, 5.41) is 0. The summed E-state index contributed by atoms with van der Waals surface area (Å²) in [4.78, 5) is 17.3. The Morgan fingerprint density at radius 2 is 1.29 bits per heavy atom. The van der Waals surface area contributed by atoms with Gasteiger partial charge in [0, 0.05) is 0 Å². The number of rotatable bonds is 8. The van der Waals surface area contributed by atoms with Gasteiger partial charge in [-0.15, -0.1) is 0 Å². The Bertz CT molecular complexity index is 293. The molecule has 7 nitrogen and oxygen atoms in total. The summed E-state index contributed by atoms with van der Waals surface area (Å²) in [6.45, 7) is 7.23. The van der Waals surface area contributed by atoms with Gasteiger partial charge in [0.15, 0.2) is 0 Å². The fourth-order valence-corrected chi connectivity index (χ4v) is 3.15. The number of phosphoric ester groups is 1. The van der Waals surface area contributed by atoms with E-state index in [1.165, 1.54) is 0 Å². The first-order valence-corrected chi connectivity index (χ1v) is 8.19. The Kier molecular flexibility index (Phi) is 7.11. The van der Waals surface area contributed by atoms with Crippen LogP contribution >= 0.6 is 15.6 Å². The molecule has 0 bridgehead atoms. The van der Waals surface area contributed by atoms with Crippen molar-refractivity contribution in [2.24, 2.45) is 11.8 Å². The summed E-state index contributed by atoms with van der Waals surface area (Å²) in [7, 11) is -9.13. The van der Waals surface area contributed by atoms with Crippen molar-refractivity contribution >= 4 is 15.6 Å². The van der Waals surface area contributed by atoms with Crippen molar-refractivity contribution in [2.45, 2.75) is 27.7 Å². The van der Waals surface area contributed by atoms with Crippen LogP contribution in [-0.4, -0.2) is 23.0 Å². The zero-order chi connectivity index (χ0) is 13.7. The van der Waals surface area contributed by atoms with Gasteiger partial charge in [-0.25, -0.2) is 9.13 Å². The zero-order valence-corrected chi connectivity index (χ0v) is 12.2. The van der Waals surface area contributed by atoms with E-state index in [-0.39, 0.29) is 25.0 Å². The highest BCUT2D eigenvalue weighted by Crippen LogP contribution is 2.61. The van der Waals surface area contributed by atoms with Crippen LogP contribution in [-0.2, 0) is 22.5 Å². The Balaban J connectivity index is 4.57. The molecule has 0 aromatic carbocycles. The minimum absolute atomic E-state index is 0.0232. The molecular weight excluding hydrogens is 270 g/mol. The largest absolute Gasteiger partial charge is 0.483 e. The molecule has 9 heteroatoms. The van der Waals surface area contributed by atoms with Crippen LogP contribution in [0.15, 0.2) is 0 Å². The molecule has 0 saturated carbocycles. The fraction of sp³-hybridized carbons (Fsp3) is 1.00. The molecule has 0 fully saturated rings. The summed E-state index contributed by atoms with van der Waals surface area (Å²) >= 11 is 0. The van der Waals surface area contributed by atoms with Crippen molar-refractivity contribution < 1.29 is 32.3 Å². The van der Waals surface area contributed by atoms with Crippen LogP contribution < -0.4 is 0 Å². The maximum absolute atomic E-state index is 11.9. The van der Waals surface area contributed by atoms with Gasteiger partial charge in [0.2, 0.25) is 0 Å². The lowest BCUT2D eigenvalue weighted by Crippen LogP contribution is -2.07. The monoisotopic (exact) mass is 290 g/mol. The molecule has 0 amide bonds. The second-order valence-electron chi connectivity index (χ2n) is 4.40. The molecule has 0 atom stereocenters. The summed E-state index contributed by atoms with van der Waals surface area (Å²) in [5.41, 5.74) is 0. The van der Waals surface area contributed by atoms with E-state index in [9.17, 15) is 9.13 Å². The van der Waals surface area contributed by atoms with E-state index < -0.39 is 15.6 Å². The lowest BCUT2D eigenvalue weighted by molar-refractivity contribution is 0.119. The van der Waals surface area contributed by atoms with Crippen molar-refractivity contribution in [1.82, 2.24) is 0 Å². The number of hydrogen-bond donors (Lipinski definition) is 2. The predicted molar refractivity (Wildman–Crippen MR) is 62.3 cm³/mol. The summed E-state index contributed by atoms with van der Waals surface area (Å²) in [5.74, 6) is 0.0673. The number of hydrogen-bond acceptors (Lipinski definition) is 5. The second kappa shape index (κ2) is 7.00. The maximum Gasteiger partial charge on any atom is 0.483 e. The Morgan fingerprint density at radius 1 is 0.941 bits per heavy atom. The van der Waals surface area contributed by atoms with Crippen molar-refractivity contribution in [3.05, 3.63) is 0 Å². The van der Waals surface area contributed by atoms with Gasteiger partial charge in [0.25, 0.3) is 0 Å². The Morgan fingerprint density at radius 3 is 1.53 bits per heavy atom. The zero-order valence-electron chi connectivity index (χ0n) is 10.4. The third-order valence-electron chi connectivity index (χ3n) is 1.34. The highest BCUT2D eigenvalue weighted by molar-refractivity contribution is 7.61. The Hall–Kier alpha value is 0.260. The molecule has 0 aliphatic rings. The van der Waals surface area contributed by atoms with Crippen molar-refractivity contribution in [1.29, 1.82) is 0 Å². The molecule has 104 valence electrons. The SMILES string of the molecule is CC(C)COP(=O)(OCC(C)C)OP(=O)(O)O. The third kappa shape index (κ3) is 9.92. The van der Waals surface area contributed by atoms with Crippen molar-refractivity contribution in [3.63, 3.8) is 0 Å². The normalized spacial score (nSPS) is 13.6. The van der Waals surface area contributed by atoms with Gasteiger partial charge >= 0.3 is 15.6 Å². The van der Waals surface area contributed by atoms with Crippen LogP contribution in [0.2, 0.25) is 0 Å². The van der Waals surface area contributed by atoms with E-state index >= 15 is 0 Å². The maximum atomic E-state index is 11.9. The molecule has 2 N–H and O–H groups in total. The minimum atomic E-state index is -4.92. The standard InChI is InChI=1S/C8H20O7P2/c1-7(2)5-13-17(12,14-6-8(3)4)15-16(9,10)11/h7-8H,5-6H2,1-4H3,(H2,9,10,11). The van der Waals surface area contributed by atoms with Crippen LogP contribution in [0.1, 0.15) is 27.7 Å². The summed E-state index contributed by atoms with van der Waals surface area (Å²) in [6, 6.07) is 0. The molecule has 0 unspecified atom stereocenters. The molecule has 0 aliphatic carbocycles. The van der Waals surface area contributed by atoms with E-state index in [2.05, 4.69) is 4.31 Å². The van der Waals surface area contributed by atoms with Gasteiger partial charge in [0.1, 0.15) is 0 Å². The highest BCUT2D eigenvalue weighted by Gasteiger charge is 2.36. The van der Waals surface area contributed by atoms with Crippen LogP contribution in [0.25, 0.3) is 0 Å². The molecule has 0 radical (unpaired) electrons. The molecular formula is C8H20O7P2. The van der Waals surface area contributed by atoms with E-state index in [0.717, 1.165) is 0 Å². The average Bonchev–Trinajstić information content (AvgIpc) is 2.09. The van der Waals surface area contributed by atoms with E-state index in [1.54, 1.807) is 27.7 Å². The number of phosphoric acid groups is 2. The van der Waals surface area contributed by atoms with Crippen molar-refractivity contribution in [3.8, 4) is 0 Å². The minimum Gasteiger partial charge on any atom is -0.302 e. The molecule has 17 heavy (non-hydrogen) atoms. The molecule has 0 saturated heterocycles. The van der Waals surface area contributed by atoms with Gasteiger partial charge in [-0.2, -0.15) is 4.31 Å². The quantitative estimate of drug-likeness (QED) is 0.662. The van der Waals surface area contributed by atoms with Crippen LogP contribution in [0.5, 0.6) is 0 Å². The van der Waals surface area contributed by atoms with Gasteiger partial charge in [-0.3, -0.25) is 9.05 Å². The average molecular weight is 290 g/mol. The first kappa shape index (κ1) is 17.3. The van der Waals surface area contributed by atoms with Crippen LogP contribution in [0.3, 0.4) is 0 Å². The van der Waals surface area contributed by atoms with Crippen LogP contribution in [0, 0.1) is 11.8 Å². The molecule has 0 heterocycles. The van der Waals surface area contributed by atoms with E-state index in [1.807, 2.05) is 0 Å². The van der Waals surface area contributed by atoms with Crippen LogP contribution in [0.4, 0.5) is 0 Å².